The number of hydrogen-bond acceptors (Lipinski definition) is 6. The van der Waals surface area contributed by atoms with Crippen LogP contribution in [0.5, 0.6) is 0 Å². The van der Waals surface area contributed by atoms with E-state index < -0.39 is 8.80 Å². The number of anilines is 1. The lowest BCUT2D eigenvalue weighted by Gasteiger charge is -2.24. The van der Waals surface area contributed by atoms with Gasteiger partial charge in [-0.25, -0.2) is 0 Å². The van der Waals surface area contributed by atoms with E-state index in [1.54, 1.807) is 21.3 Å². The number of aromatic nitrogens is 1. The van der Waals surface area contributed by atoms with Gasteiger partial charge < -0.3 is 18.2 Å². The van der Waals surface area contributed by atoms with E-state index >= 15 is 0 Å². The summed E-state index contributed by atoms with van der Waals surface area (Å²) in [6.45, 7) is 1.06. The summed E-state index contributed by atoms with van der Waals surface area (Å²) in [5, 5.41) is 0. The van der Waals surface area contributed by atoms with Crippen molar-refractivity contribution in [2.75, 3.05) is 51.3 Å². The van der Waals surface area contributed by atoms with Gasteiger partial charge in [0, 0.05) is 59.0 Å². The molecule has 1 heterocycles. The Hall–Kier alpha value is -0.603. The molecule has 0 aliphatic carbocycles. The molecule has 0 amide bonds. The monoisotopic (exact) mass is 344 g/mol. The Labute approximate surface area is 139 Å². The van der Waals surface area contributed by atoms with E-state index in [-0.39, 0.29) is 0 Å². The fraction of sp³-hybridized carbons (Fsp3) is 0.667. The van der Waals surface area contributed by atoms with Gasteiger partial charge in [0.05, 0.1) is 0 Å². The molecule has 22 heavy (non-hydrogen) atoms. The lowest BCUT2D eigenvalue weighted by molar-refractivity contribution is 0.123. The predicted molar refractivity (Wildman–Crippen MR) is 95.7 cm³/mol. The summed E-state index contributed by atoms with van der Waals surface area (Å²) in [7, 11) is 4.75. The van der Waals surface area contributed by atoms with E-state index in [1.165, 1.54) is 12.1 Å². The van der Waals surface area contributed by atoms with Gasteiger partial charge in [-0.15, -0.1) is 0 Å². The molecule has 7 heteroatoms. The molecule has 0 N–H and O–H groups in total. The molecular formula is C15H28N2O3SSi. The lowest BCUT2D eigenvalue weighted by atomic mass is 10.3. The van der Waals surface area contributed by atoms with Gasteiger partial charge >= 0.3 is 8.80 Å². The first-order valence-electron chi connectivity index (χ1n) is 7.52. The van der Waals surface area contributed by atoms with Crippen LogP contribution < -0.4 is 4.90 Å². The highest BCUT2D eigenvalue weighted by Crippen LogP contribution is 2.18. The van der Waals surface area contributed by atoms with Gasteiger partial charge in [0.1, 0.15) is 0 Å². The smallest absolute Gasteiger partial charge is 0.377 e. The summed E-state index contributed by atoms with van der Waals surface area (Å²) in [6, 6.07) is 4.95. The van der Waals surface area contributed by atoms with Gasteiger partial charge in [-0.05, 0) is 36.5 Å². The molecule has 0 fully saturated rings. The third-order valence-electron chi connectivity index (χ3n) is 3.59. The highest BCUT2D eigenvalue weighted by molar-refractivity contribution is 7.99. The third-order valence-corrected chi connectivity index (χ3v) is 7.58. The first kappa shape index (κ1) is 19.4. The number of pyridine rings is 1. The largest absolute Gasteiger partial charge is 0.500 e. The van der Waals surface area contributed by atoms with Crippen LogP contribution >= 0.6 is 11.8 Å². The Bertz CT molecular complexity index is 385. The van der Waals surface area contributed by atoms with Crippen molar-refractivity contribution in [1.29, 1.82) is 0 Å². The van der Waals surface area contributed by atoms with Gasteiger partial charge in [-0.2, -0.15) is 11.8 Å². The number of nitrogens with zero attached hydrogens (tertiary/aromatic N) is 2. The molecule has 0 atom stereocenters. The average molecular weight is 345 g/mol. The minimum absolute atomic E-state index is 0.875. The molecule has 0 spiro atoms. The second-order valence-electron chi connectivity index (χ2n) is 4.99. The zero-order valence-corrected chi connectivity index (χ0v) is 15.9. The Morgan fingerprint density at radius 3 is 2.23 bits per heavy atom. The highest BCUT2D eigenvalue weighted by Gasteiger charge is 2.36. The Morgan fingerprint density at radius 1 is 1.05 bits per heavy atom. The van der Waals surface area contributed by atoms with E-state index in [1.807, 2.05) is 36.3 Å². The first-order chi connectivity index (χ1) is 10.7. The summed E-state index contributed by atoms with van der Waals surface area (Å²) >= 11 is 1.98. The molecule has 1 aromatic rings. The van der Waals surface area contributed by atoms with E-state index in [4.69, 9.17) is 13.3 Å². The number of thioether (sulfide) groups is 1. The van der Waals surface area contributed by atoms with Crippen molar-refractivity contribution in [1.82, 2.24) is 4.98 Å². The highest BCUT2D eigenvalue weighted by atomic mass is 32.2. The number of hydrogen-bond donors (Lipinski definition) is 0. The average Bonchev–Trinajstić information content (AvgIpc) is 2.58. The molecule has 0 aromatic carbocycles. The minimum atomic E-state index is -2.38. The second kappa shape index (κ2) is 11.0. The molecular weight excluding hydrogens is 316 g/mol. The van der Waals surface area contributed by atoms with Crippen molar-refractivity contribution in [2.45, 2.75) is 18.9 Å². The predicted octanol–water partition coefficient (Wildman–Crippen LogP) is 2.91. The summed E-state index contributed by atoms with van der Waals surface area (Å²) < 4.78 is 16.3. The maximum atomic E-state index is 5.42. The third kappa shape index (κ3) is 6.66. The Morgan fingerprint density at radius 2 is 1.64 bits per heavy atom. The van der Waals surface area contributed by atoms with Crippen LogP contribution in [0.3, 0.4) is 0 Å². The van der Waals surface area contributed by atoms with Crippen molar-refractivity contribution >= 4 is 26.3 Å². The van der Waals surface area contributed by atoms with Crippen LogP contribution in [0.4, 0.5) is 5.69 Å². The van der Waals surface area contributed by atoms with Crippen LogP contribution in [-0.2, 0) is 13.3 Å². The zero-order valence-electron chi connectivity index (χ0n) is 14.1. The maximum Gasteiger partial charge on any atom is 0.500 e. The van der Waals surface area contributed by atoms with E-state index in [2.05, 4.69) is 16.9 Å². The summed E-state index contributed by atoms with van der Waals surface area (Å²) in [4.78, 5) is 6.31. The second-order valence-corrected chi connectivity index (χ2v) is 9.31. The van der Waals surface area contributed by atoms with Crippen LogP contribution in [0.25, 0.3) is 0 Å². The molecule has 1 aromatic heterocycles. The van der Waals surface area contributed by atoms with Gasteiger partial charge in [0.2, 0.25) is 0 Å². The normalized spacial score (nSPS) is 11.6. The molecule has 126 valence electrons. The fourth-order valence-corrected chi connectivity index (χ4v) is 5.04. The van der Waals surface area contributed by atoms with E-state index in [0.717, 1.165) is 30.5 Å². The fourth-order valence-electron chi connectivity index (χ4n) is 2.18. The molecule has 0 saturated heterocycles. The maximum absolute atomic E-state index is 5.42. The van der Waals surface area contributed by atoms with Gasteiger partial charge in [0.25, 0.3) is 0 Å². The molecule has 0 radical (unpaired) electrons. The van der Waals surface area contributed by atoms with E-state index in [0.29, 0.717) is 0 Å². The first-order valence-corrected chi connectivity index (χ1v) is 10.6. The zero-order chi connectivity index (χ0) is 16.3. The minimum Gasteiger partial charge on any atom is -0.377 e. The van der Waals surface area contributed by atoms with Crippen molar-refractivity contribution in [3.8, 4) is 0 Å². The van der Waals surface area contributed by atoms with Crippen LogP contribution in [0, 0.1) is 0 Å². The van der Waals surface area contributed by atoms with Crippen LogP contribution in [-0.4, -0.2) is 60.2 Å². The van der Waals surface area contributed by atoms with Gasteiger partial charge in [-0.3, -0.25) is 4.98 Å². The molecule has 5 nitrogen and oxygen atoms in total. The van der Waals surface area contributed by atoms with Crippen molar-refractivity contribution in [2.24, 2.45) is 0 Å². The molecule has 1 rings (SSSR count). The quantitative estimate of drug-likeness (QED) is 0.429. The molecule has 0 saturated carbocycles. The van der Waals surface area contributed by atoms with Gasteiger partial charge in [-0.1, -0.05) is 0 Å². The molecule has 0 aliphatic heterocycles. The number of rotatable bonds is 12. The van der Waals surface area contributed by atoms with Crippen molar-refractivity contribution in [3.05, 3.63) is 24.5 Å². The Balaban J connectivity index is 2.09. The van der Waals surface area contributed by atoms with Crippen molar-refractivity contribution in [3.63, 3.8) is 0 Å². The summed E-state index contributed by atoms with van der Waals surface area (Å²) in [5.74, 6) is 2.28. The summed E-state index contributed by atoms with van der Waals surface area (Å²) in [5.41, 5.74) is 1.22. The lowest BCUT2D eigenvalue weighted by Crippen LogP contribution is -2.42. The Kier molecular flexibility index (Phi) is 9.73. The SMILES string of the molecule is CO[Si](CCCSCCCN(C)c1ccncc1)(OC)OC. The van der Waals surface area contributed by atoms with Crippen molar-refractivity contribution < 1.29 is 13.3 Å². The van der Waals surface area contributed by atoms with Gasteiger partial charge in [0.15, 0.2) is 0 Å². The van der Waals surface area contributed by atoms with E-state index in [9.17, 15) is 0 Å². The molecule has 0 unspecified atom stereocenters. The van der Waals surface area contributed by atoms with Crippen LogP contribution in [0.1, 0.15) is 12.8 Å². The van der Waals surface area contributed by atoms with Crippen LogP contribution in [0.2, 0.25) is 6.04 Å². The van der Waals surface area contributed by atoms with Crippen LogP contribution in [0.15, 0.2) is 24.5 Å². The topological polar surface area (TPSA) is 43.8 Å². The molecule has 0 bridgehead atoms. The standard InChI is InChI=1S/C15H28N2O3SSi/c1-17(15-7-9-16-10-8-15)11-5-12-21-13-6-14-22(18-2,19-3)20-4/h7-10H,5-6,11-14H2,1-4H3. The summed E-state index contributed by atoms with van der Waals surface area (Å²) in [6.07, 6.45) is 5.90. The molecule has 0 aliphatic rings.